The minimum absolute atomic E-state index is 0.0482. The first-order valence-electron chi connectivity index (χ1n) is 29.8. The largest absolute Gasteiger partial charge is 0.508 e. The second kappa shape index (κ2) is 29.7. The monoisotopic (exact) mass is 1220 g/mol. The number of aliphatic hydroxyl groups is 7. The Bertz CT molecular complexity index is 3020. The number of carbonyl (C=O) groups excluding carboxylic acids is 7. The number of unbranched alkanes of at least 4 members (excludes halogenated alkanes) is 2. The van der Waals surface area contributed by atoms with Crippen molar-refractivity contribution in [1.29, 1.82) is 0 Å². The molecule has 7 amide bonds. The van der Waals surface area contributed by atoms with E-state index in [4.69, 9.17) is 4.74 Å². The molecular formula is C63H85N7O16Si. The Hall–Kier alpha value is -7.13. The van der Waals surface area contributed by atoms with Crippen LogP contribution in [-0.4, -0.2) is 199 Å². The lowest BCUT2D eigenvalue weighted by atomic mass is 9.96. The molecule has 9 unspecified atom stereocenters. The molecule has 3 aliphatic rings. The van der Waals surface area contributed by atoms with Crippen molar-refractivity contribution in [2.45, 2.75) is 177 Å². The van der Waals surface area contributed by atoms with Crippen LogP contribution in [0.3, 0.4) is 0 Å². The van der Waals surface area contributed by atoms with Gasteiger partial charge in [-0.25, -0.2) is 0 Å². The highest BCUT2D eigenvalue weighted by molar-refractivity contribution is 6.76. The van der Waals surface area contributed by atoms with Gasteiger partial charge in [0.05, 0.1) is 24.4 Å². The van der Waals surface area contributed by atoms with Crippen LogP contribution >= 0.6 is 0 Å². The third-order valence-corrected chi connectivity index (χ3v) is 18.0. The summed E-state index contributed by atoms with van der Waals surface area (Å²) in [5.74, 6) is -8.92. The van der Waals surface area contributed by atoms with Gasteiger partial charge in [-0.1, -0.05) is 119 Å². The van der Waals surface area contributed by atoms with Gasteiger partial charge in [-0.2, -0.15) is 0 Å². The average Bonchev–Trinajstić information content (AvgIpc) is 1.97. The third-order valence-electron chi connectivity index (χ3n) is 16.3. The summed E-state index contributed by atoms with van der Waals surface area (Å²) in [6, 6.07) is 16.7. The molecule has 4 aromatic rings. The molecule has 3 saturated heterocycles. The number of ether oxygens (including phenoxy) is 1. The predicted octanol–water partition coefficient (Wildman–Crippen LogP) is 1.60. The van der Waals surface area contributed by atoms with E-state index in [1.807, 2.05) is 43.9 Å². The molecule has 4 aromatic carbocycles. The van der Waals surface area contributed by atoms with E-state index < -0.39 is 160 Å². The lowest BCUT2D eigenvalue weighted by Crippen LogP contribution is -2.64. The number of phenolic OH excluding ortho intramolecular Hbond substituents is 1. The third kappa shape index (κ3) is 17.1. The Morgan fingerprint density at radius 2 is 1.18 bits per heavy atom. The maximum Gasteiger partial charge on any atom is 0.251 e. The molecule has 15 atom stereocenters. The number of rotatable bonds is 17. The Labute approximate surface area is 507 Å². The van der Waals surface area contributed by atoms with Gasteiger partial charge in [0.25, 0.3) is 5.91 Å². The molecule has 0 saturated carbocycles. The zero-order chi connectivity index (χ0) is 63.6. The van der Waals surface area contributed by atoms with Crippen molar-refractivity contribution in [2.75, 3.05) is 19.7 Å². The smallest absolute Gasteiger partial charge is 0.251 e. The zero-order valence-corrected chi connectivity index (χ0v) is 51.2. The highest BCUT2D eigenvalue weighted by atomic mass is 28.3. The summed E-state index contributed by atoms with van der Waals surface area (Å²) >= 11 is 0. The van der Waals surface area contributed by atoms with Crippen molar-refractivity contribution in [1.82, 2.24) is 36.4 Å². The van der Waals surface area contributed by atoms with Crippen molar-refractivity contribution in [3.05, 3.63) is 114 Å². The van der Waals surface area contributed by atoms with E-state index in [0.29, 0.717) is 6.04 Å². The number of amides is 7. The molecule has 3 aliphatic heterocycles. The number of carbonyl (C=O) groups is 7. The van der Waals surface area contributed by atoms with E-state index in [-0.39, 0.29) is 30.0 Å². The van der Waals surface area contributed by atoms with Crippen LogP contribution in [0.4, 0.5) is 0 Å². The molecule has 472 valence electrons. The van der Waals surface area contributed by atoms with Crippen LogP contribution in [0.25, 0.3) is 22.3 Å². The maximum atomic E-state index is 14.8. The normalized spacial score (nSPS) is 26.9. The number of phenols is 1. The molecule has 87 heavy (non-hydrogen) atoms. The SMILES string of the molecule is CCCCCc1ccc(-c2ccc(-c3ccc(C(=O)N[C@H]4CC(O)C(OCC[Si](C)(C)C)NC(=O)[C@@H]5C(O)C(C)CN5C(=O)[C@H](C(C)O)NC(=O)[C@H](C(O)C(O)c5ccc(O)cc5)NC(=O)[C@@H]5CC(O)CN5C(=O)[C@H](C(C)O)NC4=O)cc3)cc2)cc1. The van der Waals surface area contributed by atoms with Gasteiger partial charge in [0.1, 0.15) is 60.3 Å². The number of aryl methyl sites for hydroxylation is 1. The number of aliphatic hydroxyl groups excluding tert-OH is 7. The molecule has 3 heterocycles. The van der Waals surface area contributed by atoms with Gasteiger partial charge in [-0.05, 0) is 90.4 Å². The Morgan fingerprint density at radius 1 is 0.655 bits per heavy atom. The summed E-state index contributed by atoms with van der Waals surface area (Å²) in [6.07, 6.45) is -11.2. The number of nitrogens with one attached hydrogen (secondary N) is 5. The Kier molecular flexibility index (Phi) is 23.0. The molecule has 0 aromatic heterocycles. The van der Waals surface area contributed by atoms with Gasteiger partial charge in [0.2, 0.25) is 35.4 Å². The van der Waals surface area contributed by atoms with Crippen molar-refractivity contribution >= 4 is 49.4 Å². The lowest BCUT2D eigenvalue weighted by Gasteiger charge is -2.34. The second-order valence-electron chi connectivity index (χ2n) is 24.5. The van der Waals surface area contributed by atoms with Crippen molar-refractivity contribution in [3.63, 3.8) is 0 Å². The molecule has 13 N–H and O–H groups in total. The molecule has 0 bridgehead atoms. The fraction of sp³-hybridized carbons (Fsp3) is 0.508. The maximum absolute atomic E-state index is 14.8. The van der Waals surface area contributed by atoms with Gasteiger partial charge in [-0.3, -0.25) is 33.6 Å². The van der Waals surface area contributed by atoms with Crippen molar-refractivity contribution in [3.8, 4) is 28.0 Å². The van der Waals surface area contributed by atoms with Crippen LogP contribution in [0.1, 0.15) is 87.4 Å². The topological polar surface area (TPSA) is 357 Å². The molecular weight excluding hydrogens is 1140 g/mol. The predicted molar refractivity (Wildman–Crippen MR) is 323 cm³/mol. The minimum atomic E-state index is -2.28. The molecule has 24 heteroatoms. The number of nitrogens with zero attached hydrogens (tertiary/aromatic N) is 2. The molecule has 0 aliphatic carbocycles. The fourth-order valence-corrected chi connectivity index (χ4v) is 11.7. The fourth-order valence-electron chi connectivity index (χ4n) is 11.0. The van der Waals surface area contributed by atoms with Crippen LogP contribution < -0.4 is 26.6 Å². The van der Waals surface area contributed by atoms with E-state index in [1.165, 1.54) is 55.3 Å². The van der Waals surface area contributed by atoms with E-state index >= 15 is 0 Å². The van der Waals surface area contributed by atoms with E-state index in [0.717, 1.165) is 65.2 Å². The Balaban J connectivity index is 1.24. The number of hydrogen-bond acceptors (Lipinski definition) is 16. The molecule has 0 spiro atoms. The van der Waals surface area contributed by atoms with Gasteiger partial charge < -0.3 is 82.0 Å². The van der Waals surface area contributed by atoms with E-state index in [1.54, 1.807) is 12.1 Å². The quantitative estimate of drug-likeness (QED) is 0.0527. The summed E-state index contributed by atoms with van der Waals surface area (Å²) in [6.45, 7) is 11.2. The van der Waals surface area contributed by atoms with Crippen molar-refractivity contribution in [2.24, 2.45) is 5.92 Å². The first kappa shape index (κ1) is 67.4. The first-order chi connectivity index (χ1) is 41.1. The molecule has 7 rings (SSSR count). The standard InChI is InChI=1S/C63H85N7O16Si/c1-8-9-10-11-37-12-14-38(15-13-37)39-16-18-40(19-17-39)41-20-22-43(23-21-41)56(79)64-46-31-48(75)61(86-28-29-87(5,6)7)68-60(83)52-53(76)34(2)32-70(52)63(85)50(36(4)72)66-59(82)51(55(78)54(77)42-24-26-44(73)27-25-42)67-58(81)47-30-45(74)33-69(47)62(84)49(35(3)71)65-57(46)80/h12-27,34-36,45-55,61,71-78H,8-11,28-33H2,1-7H3,(H,64,79)(H,65,80)(H,66,82)(H,67,81)(H,68,83)/t34?,35?,36?,45?,46-,47-,48?,49-,50-,51-,52-,53?,54?,55?,61?/m0/s1. The van der Waals surface area contributed by atoms with Gasteiger partial charge >= 0.3 is 0 Å². The average molecular weight is 1220 g/mol. The summed E-state index contributed by atoms with van der Waals surface area (Å²) in [4.78, 5) is 104. The zero-order valence-electron chi connectivity index (χ0n) is 50.2. The number of hydrogen-bond donors (Lipinski definition) is 13. The highest BCUT2D eigenvalue weighted by Gasteiger charge is 2.50. The van der Waals surface area contributed by atoms with Crippen LogP contribution in [-0.2, 0) is 39.9 Å². The number of fused-ring (bicyclic) bond motifs is 2. The van der Waals surface area contributed by atoms with Crippen LogP contribution in [0.2, 0.25) is 25.7 Å². The molecule has 23 nitrogen and oxygen atoms in total. The van der Waals surface area contributed by atoms with E-state index in [9.17, 15) is 74.4 Å². The van der Waals surface area contributed by atoms with Crippen LogP contribution in [0.5, 0.6) is 5.75 Å². The minimum Gasteiger partial charge on any atom is -0.508 e. The highest BCUT2D eigenvalue weighted by Crippen LogP contribution is 2.30. The summed E-state index contributed by atoms with van der Waals surface area (Å²) < 4.78 is 6.16. The number of benzene rings is 4. The Morgan fingerprint density at radius 3 is 1.74 bits per heavy atom. The summed E-state index contributed by atoms with van der Waals surface area (Å²) in [5.41, 5.74) is 4.96. The summed E-state index contributed by atoms with van der Waals surface area (Å²) in [7, 11) is -1.90. The van der Waals surface area contributed by atoms with Crippen molar-refractivity contribution < 1.29 is 79.2 Å². The van der Waals surface area contributed by atoms with E-state index in [2.05, 4.69) is 57.8 Å². The first-order valence-corrected chi connectivity index (χ1v) is 33.5. The number of aromatic hydroxyl groups is 1. The van der Waals surface area contributed by atoms with Gasteiger partial charge in [-0.15, -0.1) is 0 Å². The summed E-state index contributed by atoms with van der Waals surface area (Å²) in [5, 5.41) is 103. The van der Waals surface area contributed by atoms with Crippen LogP contribution in [0, 0.1) is 5.92 Å². The second-order valence-corrected chi connectivity index (χ2v) is 30.1. The van der Waals surface area contributed by atoms with Gasteiger partial charge in [0, 0.05) is 52.1 Å². The van der Waals surface area contributed by atoms with Crippen LogP contribution in [0.15, 0.2) is 97.1 Å². The molecule has 0 radical (unpaired) electrons. The lowest BCUT2D eigenvalue weighted by molar-refractivity contribution is -0.149. The van der Waals surface area contributed by atoms with Gasteiger partial charge in [0.15, 0.2) is 6.23 Å². The molecule has 3 fully saturated rings.